The molecule has 1 saturated heterocycles. The molecule has 26 heavy (non-hydrogen) atoms. The molecule has 0 unspecified atom stereocenters. The third kappa shape index (κ3) is 8.56. The Balaban J connectivity index is 0.00000338. The van der Waals surface area contributed by atoms with Crippen molar-refractivity contribution in [2.45, 2.75) is 59.4 Å². The summed E-state index contributed by atoms with van der Waals surface area (Å²) in [5.74, 6) is 2.05. The van der Waals surface area contributed by atoms with Crippen molar-refractivity contribution in [1.29, 1.82) is 0 Å². The van der Waals surface area contributed by atoms with Crippen LogP contribution in [-0.2, 0) is 0 Å². The second-order valence-electron chi connectivity index (χ2n) is 8.02. The highest BCUT2D eigenvalue weighted by Crippen LogP contribution is 2.20. The van der Waals surface area contributed by atoms with E-state index in [4.69, 9.17) is 4.99 Å². The fraction of sp³-hybridized carbons (Fsp3) is 0.700. The van der Waals surface area contributed by atoms with Crippen LogP contribution in [0.15, 0.2) is 29.4 Å². The molecule has 1 fully saturated rings. The average molecular weight is 473 g/mol. The molecule has 0 aliphatic carbocycles. The van der Waals surface area contributed by atoms with E-state index in [0.717, 1.165) is 57.2 Å². The van der Waals surface area contributed by atoms with Crippen molar-refractivity contribution >= 4 is 35.8 Å². The van der Waals surface area contributed by atoms with Gasteiger partial charge in [0.1, 0.15) is 5.82 Å². The van der Waals surface area contributed by atoms with Crippen LogP contribution in [0.25, 0.3) is 0 Å². The van der Waals surface area contributed by atoms with Gasteiger partial charge in [0.15, 0.2) is 5.96 Å². The van der Waals surface area contributed by atoms with Gasteiger partial charge in [0.25, 0.3) is 0 Å². The number of aliphatic imine (C=N–C) groups is 1. The van der Waals surface area contributed by atoms with Crippen molar-refractivity contribution in [3.63, 3.8) is 0 Å². The number of nitrogens with zero attached hydrogens (tertiary/aromatic N) is 3. The first-order valence-corrected chi connectivity index (χ1v) is 9.69. The van der Waals surface area contributed by atoms with E-state index in [9.17, 15) is 0 Å². The number of nitrogens with one attached hydrogen (secondary N) is 2. The normalized spacial score (nSPS) is 16.2. The highest BCUT2D eigenvalue weighted by Gasteiger charge is 2.20. The van der Waals surface area contributed by atoms with Gasteiger partial charge in [-0.05, 0) is 50.2 Å². The predicted molar refractivity (Wildman–Crippen MR) is 123 cm³/mol. The summed E-state index contributed by atoms with van der Waals surface area (Å²) in [5, 5.41) is 7.00. The number of halogens is 1. The molecule has 1 aromatic heterocycles. The molecule has 5 nitrogen and oxygen atoms in total. The van der Waals surface area contributed by atoms with Crippen LogP contribution in [0.4, 0.5) is 5.82 Å². The van der Waals surface area contributed by atoms with Gasteiger partial charge < -0.3 is 15.5 Å². The van der Waals surface area contributed by atoms with E-state index >= 15 is 0 Å². The second-order valence-corrected chi connectivity index (χ2v) is 8.02. The lowest BCUT2D eigenvalue weighted by atomic mass is 9.91. The molecule has 6 heteroatoms. The first kappa shape index (κ1) is 23.0. The number of aromatic nitrogens is 1. The molecule has 1 aliphatic rings. The smallest absolute Gasteiger partial charge is 0.191 e. The Morgan fingerprint density at radius 2 is 2.00 bits per heavy atom. The lowest BCUT2D eigenvalue weighted by molar-refractivity contribution is 0.368. The largest absolute Gasteiger partial charge is 0.357 e. The molecule has 0 amide bonds. The van der Waals surface area contributed by atoms with Gasteiger partial charge in [0.2, 0.25) is 0 Å². The van der Waals surface area contributed by atoms with E-state index in [-0.39, 0.29) is 24.0 Å². The summed E-state index contributed by atoms with van der Waals surface area (Å²) in [4.78, 5) is 11.6. The number of hydrogen-bond acceptors (Lipinski definition) is 3. The minimum atomic E-state index is 0. The van der Waals surface area contributed by atoms with Crippen molar-refractivity contribution < 1.29 is 0 Å². The molecule has 0 radical (unpaired) electrons. The van der Waals surface area contributed by atoms with E-state index in [1.54, 1.807) is 0 Å². The first-order valence-electron chi connectivity index (χ1n) is 9.69. The van der Waals surface area contributed by atoms with E-state index in [2.05, 4.69) is 60.3 Å². The summed E-state index contributed by atoms with van der Waals surface area (Å²) in [6.07, 6.45) is 6.44. The van der Waals surface area contributed by atoms with E-state index in [1.807, 2.05) is 12.3 Å². The zero-order valence-corrected chi connectivity index (χ0v) is 19.1. The zero-order chi connectivity index (χ0) is 18.1. The molecule has 0 spiro atoms. The molecule has 0 aromatic carbocycles. The fourth-order valence-corrected chi connectivity index (χ4v) is 3.11. The molecule has 2 N–H and O–H groups in total. The van der Waals surface area contributed by atoms with Gasteiger partial charge in [-0.15, -0.1) is 24.0 Å². The Labute approximate surface area is 176 Å². The SMILES string of the molecule is CCNC(=NCCCC(C)(C)C)NC1CCN(c2ccccn2)CC1.I. The van der Waals surface area contributed by atoms with Gasteiger partial charge >= 0.3 is 0 Å². The number of pyridine rings is 1. The van der Waals surface area contributed by atoms with Crippen molar-refractivity contribution in [3.05, 3.63) is 24.4 Å². The van der Waals surface area contributed by atoms with Gasteiger partial charge in [0, 0.05) is 38.4 Å². The van der Waals surface area contributed by atoms with Gasteiger partial charge in [-0.2, -0.15) is 0 Å². The molecule has 2 heterocycles. The van der Waals surface area contributed by atoms with Crippen molar-refractivity contribution in [2.24, 2.45) is 10.4 Å². The summed E-state index contributed by atoms with van der Waals surface area (Å²) >= 11 is 0. The third-order valence-electron chi connectivity index (χ3n) is 4.51. The van der Waals surface area contributed by atoms with E-state index < -0.39 is 0 Å². The maximum atomic E-state index is 4.76. The standard InChI is InChI=1S/C20H35N5.HI/c1-5-21-19(23-14-8-12-20(2,3)4)24-17-10-15-25(16-11-17)18-9-6-7-13-22-18;/h6-7,9,13,17H,5,8,10-12,14-16H2,1-4H3,(H2,21,23,24);1H. The van der Waals surface area contributed by atoms with Crippen LogP contribution < -0.4 is 15.5 Å². The number of guanidine groups is 1. The Kier molecular flexibility index (Phi) is 10.3. The summed E-state index contributed by atoms with van der Waals surface area (Å²) in [6, 6.07) is 6.60. The van der Waals surface area contributed by atoms with Crippen LogP contribution in [0.5, 0.6) is 0 Å². The van der Waals surface area contributed by atoms with Gasteiger partial charge in [-0.25, -0.2) is 4.98 Å². The van der Waals surface area contributed by atoms with Gasteiger partial charge in [-0.3, -0.25) is 4.99 Å². The maximum absolute atomic E-state index is 4.76. The third-order valence-corrected chi connectivity index (χ3v) is 4.51. The second kappa shape index (κ2) is 11.6. The first-order chi connectivity index (χ1) is 12.0. The lowest BCUT2D eigenvalue weighted by Gasteiger charge is -2.33. The number of anilines is 1. The predicted octanol–water partition coefficient (Wildman–Crippen LogP) is 4.05. The van der Waals surface area contributed by atoms with Crippen molar-refractivity contribution in [2.75, 3.05) is 31.1 Å². The van der Waals surface area contributed by atoms with E-state index in [1.165, 1.54) is 6.42 Å². The molecule has 1 aromatic rings. The molecule has 1 aliphatic heterocycles. The van der Waals surface area contributed by atoms with Crippen LogP contribution in [-0.4, -0.2) is 43.2 Å². The van der Waals surface area contributed by atoms with Gasteiger partial charge in [0.05, 0.1) is 0 Å². The minimum Gasteiger partial charge on any atom is -0.357 e. The van der Waals surface area contributed by atoms with Crippen molar-refractivity contribution in [1.82, 2.24) is 15.6 Å². The zero-order valence-electron chi connectivity index (χ0n) is 16.8. The Bertz CT molecular complexity index is 519. The summed E-state index contributed by atoms with van der Waals surface area (Å²) < 4.78 is 0. The van der Waals surface area contributed by atoms with Crippen molar-refractivity contribution in [3.8, 4) is 0 Å². The summed E-state index contributed by atoms with van der Waals surface area (Å²) in [5.41, 5.74) is 0.388. The van der Waals surface area contributed by atoms with Gasteiger partial charge in [-0.1, -0.05) is 26.8 Å². The van der Waals surface area contributed by atoms with Crippen LogP contribution in [0.2, 0.25) is 0 Å². The quantitative estimate of drug-likeness (QED) is 0.283. The number of rotatable bonds is 6. The Morgan fingerprint density at radius 1 is 1.27 bits per heavy atom. The molecule has 148 valence electrons. The summed E-state index contributed by atoms with van der Waals surface area (Å²) in [6.45, 7) is 12.9. The van der Waals surface area contributed by atoms with Crippen LogP contribution in [0.3, 0.4) is 0 Å². The average Bonchev–Trinajstić information content (AvgIpc) is 2.59. The minimum absolute atomic E-state index is 0. The molecular formula is C20H36IN5. The molecule has 0 atom stereocenters. The van der Waals surface area contributed by atoms with E-state index in [0.29, 0.717) is 11.5 Å². The Morgan fingerprint density at radius 3 is 2.58 bits per heavy atom. The highest BCUT2D eigenvalue weighted by atomic mass is 127. The number of piperidine rings is 1. The topological polar surface area (TPSA) is 52.6 Å². The molecule has 0 saturated carbocycles. The van der Waals surface area contributed by atoms with Crippen LogP contribution >= 0.6 is 24.0 Å². The Hall–Kier alpha value is -1.05. The molecule has 0 bridgehead atoms. The number of hydrogen-bond donors (Lipinski definition) is 2. The highest BCUT2D eigenvalue weighted by molar-refractivity contribution is 14.0. The summed E-state index contributed by atoms with van der Waals surface area (Å²) in [7, 11) is 0. The monoisotopic (exact) mass is 473 g/mol. The van der Waals surface area contributed by atoms with Crippen LogP contribution in [0, 0.1) is 5.41 Å². The molecule has 2 rings (SSSR count). The fourth-order valence-electron chi connectivity index (χ4n) is 3.11. The lowest BCUT2D eigenvalue weighted by Crippen LogP contribution is -2.49. The molecular weight excluding hydrogens is 437 g/mol. The maximum Gasteiger partial charge on any atom is 0.191 e. The van der Waals surface area contributed by atoms with Crippen LogP contribution in [0.1, 0.15) is 53.4 Å².